The van der Waals surface area contributed by atoms with Crippen LogP contribution in [-0.4, -0.2) is 6.54 Å². The molecule has 0 fully saturated rings. The van der Waals surface area contributed by atoms with Crippen LogP contribution in [0.2, 0.25) is 0 Å². The van der Waals surface area contributed by atoms with Crippen molar-refractivity contribution in [1.29, 1.82) is 0 Å². The molecule has 1 aliphatic rings. The monoisotopic (exact) mass is 410 g/mol. The standard InChI is InChI=1S/C29H33N2/c1-22(2)25-10-6-8-12-27(25)30-18-14-23(15-19-30)24-16-20-31(21-17-24)28-13-9-7-11-26(28)29(3,4)5/h6-20,22H,21H2,1-5H3/q+1/p+1. The fourth-order valence-corrected chi connectivity index (χ4v) is 4.37. The molecule has 1 aromatic heterocycles. The van der Waals surface area contributed by atoms with Gasteiger partial charge in [-0.05, 0) is 40.7 Å². The molecule has 1 N–H and O–H groups in total. The minimum atomic E-state index is 0.140. The van der Waals surface area contributed by atoms with Crippen molar-refractivity contribution < 1.29 is 9.47 Å². The maximum absolute atomic E-state index is 2.36. The molecule has 2 heteroatoms. The van der Waals surface area contributed by atoms with Crippen molar-refractivity contribution >= 4 is 11.3 Å². The van der Waals surface area contributed by atoms with E-state index in [1.54, 1.807) is 0 Å². The fourth-order valence-electron chi connectivity index (χ4n) is 4.37. The third-order valence-electron chi connectivity index (χ3n) is 6.09. The van der Waals surface area contributed by atoms with E-state index in [4.69, 9.17) is 0 Å². The van der Waals surface area contributed by atoms with Crippen molar-refractivity contribution in [1.82, 2.24) is 0 Å². The van der Waals surface area contributed by atoms with Crippen molar-refractivity contribution in [2.24, 2.45) is 0 Å². The van der Waals surface area contributed by atoms with Crippen molar-refractivity contribution in [3.8, 4) is 5.69 Å². The highest BCUT2D eigenvalue weighted by atomic mass is 15.1. The van der Waals surface area contributed by atoms with Crippen LogP contribution in [0.5, 0.6) is 0 Å². The molecule has 2 aromatic carbocycles. The highest BCUT2D eigenvalue weighted by molar-refractivity contribution is 5.74. The zero-order valence-corrected chi connectivity index (χ0v) is 19.4. The van der Waals surface area contributed by atoms with Gasteiger partial charge < -0.3 is 0 Å². The van der Waals surface area contributed by atoms with Crippen LogP contribution in [0.3, 0.4) is 0 Å². The number of allylic oxidation sites excluding steroid dienone is 2. The number of nitrogens with zero attached hydrogens (tertiary/aromatic N) is 1. The first-order chi connectivity index (χ1) is 14.8. The second kappa shape index (κ2) is 8.64. The maximum atomic E-state index is 2.36. The molecule has 0 spiro atoms. The van der Waals surface area contributed by atoms with E-state index in [0.717, 1.165) is 6.54 Å². The van der Waals surface area contributed by atoms with E-state index in [2.05, 4.69) is 131 Å². The van der Waals surface area contributed by atoms with Crippen LogP contribution in [0, 0.1) is 0 Å². The van der Waals surface area contributed by atoms with E-state index in [0.29, 0.717) is 5.92 Å². The lowest BCUT2D eigenvalue weighted by Gasteiger charge is -2.26. The van der Waals surface area contributed by atoms with Gasteiger partial charge >= 0.3 is 0 Å². The smallest absolute Gasteiger partial charge is 0.214 e. The molecule has 158 valence electrons. The summed E-state index contributed by atoms with van der Waals surface area (Å²) >= 11 is 0. The first-order valence-electron chi connectivity index (χ1n) is 11.3. The molecule has 2 nitrogen and oxygen atoms in total. The van der Waals surface area contributed by atoms with Crippen molar-refractivity contribution in [3.63, 3.8) is 0 Å². The molecular formula is C29H34N2+2. The summed E-state index contributed by atoms with van der Waals surface area (Å²) in [5.41, 5.74) is 8.11. The number of hydrogen-bond donors (Lipinski definition) is 1. The van der Waals surface area contributed by atoms with Crippen molar-refractivity contribution in [2.45, 2.75) is 46.0 Å². The number of quaternary nitrogens is 1. The van der Waals surface area contributed by atoms with Crippen molar-refractivity contribution in [2.75, 3.05) is 6.54 Å². The predicted molar refractivity (Wildman–Crippen MR) is 130 cm³/mol. The molecule has 0 bridgehead atoms. The molecule has 2 heterocycles. The Labute approximate surface area is 187 Å². The van der Waals surface area contributed by atoms with E-state index >= 15 is 0 Å². The number of nitrogens with one attached hydrogen (secondary N) is 1. The number of benzene rings is 2. The SMILES string of the molecule is CC(C)c1ccccc1-[n+]1ccc(C2=CC[NH+](c3ccccc3C(C)(C)C)C=C2)cc1. The van der Waals surface area contributed by atoms with E-state index in [1.165, 1.54) is 38.5 Å². The summed E-state index contributed by atoms with van der Waals surface area (Å²) in [4.78, 5) is 1.39. The predicted octanol–water partition coefficient (Wildman–Crippen LogP) is 5.51. The van der Waals surface area contributed by atoms with Gasteiger partial charge in [-0.3, -0.25) is 4.90 Å². The highest BCUT2D eigenvalue weighted by Gasteiger charge is 2.24. The Kier molecular flexibility index (Phi) is 5.93. The molecular weight excluding hydrogens is 376 g/mol. The largest absolute Gasteiger partial charge is 0.273 e. The van der Waals surface area contributed by atoms with Gasteiger partial charge in [0.25, 0.3) is 0 Å². The molecule has 1 aliphatic heterocycles. The van der Waals surface area contributed by atoms with Gasteiger partial charge in [0.2, 0.25) is 5.69 Å². The summed E-state index contributed by atoms with van der Waals surface area (Å²) in [5, 5.41) is 0. The van der Waals surface area contributed by atoms with Crippen LogP contribution in [0.1, 0.15) is 57.2 Å². The Balaban J connectivity index is 1.55. The molecule has 1 unspecified atom stereocenters. The lowest BCUT2D eigenvalue weighted by atomic mass is 9.85. The minimum Gasteiger partial charge on any atom is -0.273 e. The van der Waals surface area contributed by atoms with Crippen LogP contribution < -0.4 is 9.47 Å². The number of hydrogen-bond acceptors (Lipinski definition) is 0. The van der Waals surface area contributed by atoms with Crippen molar-refractivity contribution in [3.05, 3.63) is 108 Å². The van der Waals surface area contributed by atoms with Crippen LogP contribution in [0.4, 0.5) is 5.69 Å². The fraction of sp³-hybridized carbons (Fsp3) is 0.276. The number of pyridine rings is 1. The molecule has 0 radical (unpaired) electrons. The Morgan fingerprint density at radius 2 is 1.55 bits per heavy atom. The van der Waals surface area contributed by atoms with Gasteiger partial charge in [-0.25, -0.2) is 0 Å². The molecule has 0 amide bonds. The van der Waals surface area contributed by atoms with Gasteiger partial charge in [-0.1, -0.05) is 71.0 Å². The first-order valence-corrected chi connectivity index (χ1v) is 11.3. The van der Waals surface area contributed by atoms with Gasteiger partial charge in [0, 0.05) is 29.3 Å². The highest BCUT2D eigenvalue weighted by Crippen LogP contribution is 2.27. The Morgan fingerprint density at radius 1 is 0.871 bits per heavy atom. The summed E-state index contributed by atoms with van der Waals surface area (Å²) in [6.07, 6.45) is 11.3. The number of rotatable bonds is 4. The third-order valence-corrected chi connectivity index (χ3v) is 6.09. The molecule has 0 saturated heterocycles. The molecule has 0 aliphatic carbocycles. The molecule has 4 rings (SSSR count). The second-order valence-electron chi connectivity index (χ2n) is 9.73. The zero-order chi connectivity index (χ0) is 22.0. The molecule has 31 heavy (non-hydrogen) atoms. The van der Waals surface area contributed by atoms with E-state index in [1.807, 2.05) is 0 Å². The lowest BCUT2D eigenvalue weighted by molar-refractivity contribution is -0.768. The van der Waals surface area contributed by atoms with Crippen LogP contribution in [-0.2, 0) is 5.41 Å². The van der Waals surface area contributed by atoms with Gasteiger partial charge in [-0.2, -0.15) is 4.57 Å². The minimum absolute atomic E-state index is 0.140. The van der Waals surface area contributed by atoms with E-state index < -0.39 is 0 Å². The van der Waals surface area contributed by atoms with E-state index in [-0.39, 0.29) is 5.41 Å². The van der Waals surface area contributed by atoms with Crippen LogP contribution in [0.25, 0.3) is 11.3 Å². The van der Waals surface area contributed by atoms with Gasteiger partial charge in [-0.15, -0.1) is 0 Å². The molecule has 3 aromatic rings. The Hall–Kier alpha value is -2.97. The van der Waals surface area contributed by atoms with Gasteiger partial charge in [0.1, 0.15) is 18.4 Å². The number of para-hydroxylation sites is 2. The number of aromatic nitrogens is 1. The van der Waals surface area contributed by atoms with Gasteiger partial charge in [0.05, 0.1) is 0 Å². The third kappa shape index (κ3) is 4.55. The average Bonchev–Trinajstić information content (AvgIpc) is 2.79. The first kappa shape index (κ1) is 21.3. The summed E-state index contributed by atoms with van der Waals surface area (Å²) in [6.45, 7) is 12.3. The normalized spacial score (nSPS) is 16.5. The molecule has 0 saturated carbocycles. The zero-order valence-electron chi connectivity index (χ0n) is 19.4. The maximum Gasteiger partial charge on any atom is 0.214 e. The summed E-state index contributed by atoms with van der Waals surface area (Å²) in [6, 6.07) is 21.9. The van der Waals surface area contributed by atoms with Crippen LogP contribution >= 0.6 is 0 Å². The van der Waals surface area contributed by atoms with Crippen LogP contribution in [0.15, 0.2) is 91.4 Å². The summed E-state index contributed by atoms with van der Waals surface area (Å²) < 4.78 is 2.23. The van der Waals surface area contributed by atoms with E-state index in [9.17, 15) is 0 Å². The Bertz CT molecular complexity index is 1110. The second-order valence-corrected chi connectivity index (χ2v) is 9.73. The molecule has 1 atom stereocenters. The van der Waals surface area contributed by atoms with Gasteiger partial charge in [0.15, 0.2) is 12.4 Å². The lowest BCUT2D eigenvalue weighted by Crippen LogP contribution is -3.02. The summed E-state index contributed by atoms with van der Waals surface area (Å²) in [5.74, 6) is 0.497. The average molecular weight is 411 g/mol. The topological polar surface area (TPSA) is 8.32 Å². The quantitative estimate of drug-likeness (QED) is 0.543. The summed E-state index contributed by atoms with van der Waals surface area (Å²) in [7, 11) is 0. The Morgan fingerprint density at radius 3 is 2.19 bits per heavy atom.